The van der Waals surface area contributed by atoms with Crippen molar-refractivity contribution in [3.63, 3.8) is 0 Å². The molecule has 4 nitrogen and oxygen atoms in total. The average molecular weight is 352 g/mol. The van der Waals surface area contributed by atoms with Gasteiger partial charge in [0.05, 0.1) is 0 Å². The summed E-state index contributed by atoms with van der Waals surface area (Å²) in [5, 5.41) is 0. The summed E-state index contributed by atoms with van der Waals surface area (Å²) in [6.45, 7) is 14.7. The van der Waals surface area contributed by atoms with Crippen molar-refractivity contribution < 1.29 is 4.79 Å². The van der Waals surface area contributed by atoms with Gasteiger partial charge in [0.25, 0.3) is 0 Å². The Morgan fingerprint density at radius 1 is 1.08 bits per heavy atom. The van der Waals surface area contributed by atoms with Gasteiger partial charge in [-0.05, 0) is 31.7 Å². The summed E-state index contributed by atoms with van der Waals surface area (Å²) < 4.78 is 0. The van der Waals surface area contributed by atoms with E-state index in [-0.39, 0.29) is 11.8 Å². The normalized spacial score (nSPS) is 11.0. The maximum Gasteiger partial charge on any atom is 0.220 e. The van der Waals surface area contributed by atoms with Crippen LogP contribution in [0, 0.1) is 18.8 Å². The van der Waals surface area contributed by atoms with E-state index in [0.717, 1.165) is 36.7 Å². The maximum absolute atomic E-state index is 10.2. The smallest absolute Gasteiger partial charge is 0.220 e. The topological polar surface area (TPSA) is 68.9 Å². The number of hydrogen-bond donors (Lipinski definition) is 1. The van der Waals surface area contributed by atoms with Gasteiger partial charge in [-0.3, -0.25) is 4.79 Å². The number of nitrogens with two attached hydrogens (primary N) is 1. The molecule has 1 atom stereocenters. The highest BCUT2D eigenvalue weighted by Crippen LogP contribution is 2.10. The van der Waals surface area contributed by atoms with Crippen molar-refractivity contribution in [1.82, 2.24) is 9.97 Å². The van der Waals surface area contributed by atoms with Crippen molar-refractivity contribution in [2.45, 2.75) is 93.4 Å². The maximum atomic E-state index is 10.2. The van der Waals surface area contributed by atoms with Crippen molar-refractivity contribution in [1.29, 1.82) is 0 Å². The van der Waals surface area contributed by atoms with Crippen LogP contribution in [0.3, 0.4) is 0 Å². The molecule has 0 spiro atoms. The van der Waals surface area contributed by atoms with Crippen molar-refractivity contribution in [2.75, 3.05) is 0 Å². The zero-order valence-corrected chi connectivity index (χ0v) is 17.6. The van der Waals surface area contributed by atoms with Gasteiger partial charge in [0, 0.05) is 17.8 Å². The van der Waals surface area contributed by atoms with Crippen LogP contribution in [-0.2, 0) is 11.2 Å². The number of carbonyl (C=O) groups is 1. The Morgan fingerprint density at radius 3 is 1.96 bits per heavy atom. The molecule has 1 aromatic heterocycles. The summed E-state index contributed by atoms with van der Waals surface area (Å²) in [5.41, 5.74) is 6.06. The Labute approximate surface area is 156 Å². The number of carbonyl (C=O) groups excluding carboxylic acids is 1. The lowest BCUT2D eigenvalue weighted by Crippen LogP contribution is -2.19. The van der Waals surface area contributed by atoms with Crippen LogP contribution in [0.5, 0.6) is 0 Å². The quantitative estimate of drug-likeness (QED) is 0.674. The molecule has 4 heteroatoms. The van der Waals surface area contributed by atoms with Gasteiger partial charge >= 0.3 is 0 Å². The molecule has 1 unspecified atom stereocenters. The molecular weight excluding hydrogens is 310 g/mol. The zero-order valence-electron chi connectivity index (χ0n) is 17.6. The van der Waals surface area contributed by atoms with Gasteiger partial charge in [0.1, 0.15) is 5.82 Å². The highest BCUT2D eigenvalue weighted by molar-refractivity contribution is 5.76. The van der Waals surface area contributed by atoms with E-state index in [4.69, 9.17) is 5.73 Å². The Bertz CT molecular complexity index is 429. The van der Waals surface area contributed by atoms with Gasteiger partial charge in [-0.1, -0.05) is 73.6 Å². The molecule has 25 heavy (non-hydrogen) atoms. The summed E-state index contributed by atoms with van der Waals surface area (Å²) in [6, 6.07) is 1.97. The van der Waals surface area contributed by atoms with E-state index < -0.39 is 0 Å². The molecule has 0 bridgehead atoms. The minimum absolute atomic E-state index is 0.0417. The molecular formula is C21H41N3O. The van der Waals surface area contributed by atoms with Gasteiger partial charge in [-0.25, -0.2) is 9.97 Å². The summed E-state index contributed by atoms with van der Waals surface area (Å²) in [4.78, 5) is 18.4. The second-order valence-electron chi connectivity index (χ2n) is 6.74. The third-order valence-corrected chi connectivity index (χ3v) is 4.00. The van der Waals surface area contributed by atoms with Crippen LogP contribution >= 0.6 is 0 Å². The molecule has 0 aliphatic rings. The first-order valence-corrected chi connectivity index (χ1v) is 9.89. The molecule has 0 aliphatic heterocycles. The lowest BCUT2D eigenvalue weighted by molar-refractivity contribution is -0.121. The summed E-state index contributed by atoms with van der Waals surface area (Å²) >= 11 is 0. The number of amides is 1. The monoisotopic (exact) mass is 351 g/mol. The molecule has 0 aliphatic carbocycles. The lowest BCUT2D eigenvalue weighted by Gasteiger charge is -2.05. The van der Waals surface area contributed by atoms with Crippen LogP contribution in [0.15, 0.2) is 12.3 Å². The van der Waals surface area contributed by atoms with E-state index >= 15 is 0 Å². The Balaban J connectivity index is 0. The van der Waals surface area contributed by atoms with E-state index in [1.54, 1.807) is 0 Å². The number of primary amides is 1. The number of rotatable bonds is 8. The highest BCUT2D eigenvalue weighted by Gasteiger charge is 2.02. The Kier molecular flexibility index (Phi) is 17.9. The van der Waals surface area contributed by atoms with Crippen LogP contribution < -0.4 is 5.73 Å². The second-order valence-corrected chi connectivity index (χ2v) is 6.74. The third-order valence-electron chi connectivity index (χ3n) is 4.00. The number of aromatic nitrogens is 2. The lowest BCUT2D eigenvalue weighted by atomic mass is 10.0. The third kappa shape index (κ3) is 17.2. The minimum atomic E-state index is -0.206. The molecule has 1 amide bonds. The number of hydrogen-bond acceptors (Lipinski definition) is 3. The van der Waals surface area contributed by atoms with Crippen LogP contribution in [0.2, 0.25) is 0 Å². The van der Waals surface area contributed by atoms with E-state index in [1.807, 2.05) is 33.0 Å². The predicted molar refractivity (Wildman–Crippen MR) is 108 cm³/mol. The Hall–Kier alpha value is -1.45. The molecule has 0 fully saturated rings. The minimum Gasteiger partial charge on any atom is -0.369 e. The molecule has 0 saturated heterocycles. The zero-order chi connectivity index (χ0) is 19.7. The molecule has 1 aromatic rings. The van der Waals surface area contributed by atoms with Crippen molar-refractivity contribution in [3.8, 4) is 0 Å². The first-order chi connectivity index (χ1) is 11.8. The second kappa shape index (κ2) is 17.4. The fourth-order valence-electron chi connectivity index (χ4n) is 2.23. The van der Waals surface area contributed by atoms with E-state index in [1.165, 1.54) is 25.7 Å². The SMILES string of the molecule is CCC(C)C(N)=O.CCCC(C)CCC.CCCc1ccnc(C)n1. The molecule has 0 aromatic carbocycles. The molecule has 1 heterocycles. The Morgan fingerprint density at radius 2 is 1.64 bits per heavy atom. The standard InChI is InChI=1S/C8H12N2.C8H18.C5H11NO/c1-3-4-8-5-6-9-7(2)10-8;1-4-6-8(3)7-5-2;1-3-4(2)5(6)7/h5-6H,3-4H2,1-2H3;8H,4-7H2,1-3H3;4H,3H2,1-2H3,(H2,6,7). The van der Waals surface area contributed by atoms with Crippen molar-refractivity contribution in [3.05, 3.63) is 23.8 Å². The van der Waals surface area contributed by atoms with E-state index in [0.29, 0.717) is 0 Å². The summed E-state index contributed by atoms with van der Waals surface area (Å²) in [6.07, 6.45) is 10.4. The van der Waals surface area contributed by atoms with Crippen LogP contribution in [-0.4, -0.2) is 15.9 Å². The summed E-state index contributed by atoms with van der Waals surface area (Å²) in [5.74, 6) is 1.67. The molecule has 1 rings (SSSR count). The average Bonchev–Trinajstić information content (AvgIpc) is 2.56. The first-order valence-electron chi connectivity index (χ1n) is 9.89. The van der Waals surface area contributed by atoms with Gasteiger partial charge in [-0.2, -0.15) is 0 Å². The van der Waals surface area contributed by atoms with Gasteiger partial charge in [-0.15, -0.1) is 0 Å². The van der Waals surface area contributed by atoms with Crippen LogP contribution in [0.4, 0.5) is 0 Å². The number of aryl methyl sites for hydroxylation is 2. The molecule has 2 N–H and O–H groups in total. The largest absolute Gasteiger partial charge is 0.369 e. The summed E-state index contributed by atoms with van der Waals surface area (Å²) in [7, 11) is 0. The van der Waals surface area contributed by atoms with Gasteiger partial charge in [0.2, 0.25) is 5.91 Å². The van der Waals surface area contributed by atoms with Crippen LogP contribution in [0.25, 0.3) is 0 Å². The molecule has 0 saturated carbocycles. The van der Waals surface area contributed by atoms with Gasteiger partial charge < -0.3 is 5.73 Å². The van der Waals surface area contributed by atoms with Gasteiger partial charge in [0.15, 0.2) is 0 Å². The van der Waals surface area contributed by atoms with E-state index in [9.17, 15) is 4.79 Å². The number of nitrogens with zero attached hydrogens (tertiary/aromatic N) is 2. The van der Waals surface area contributed by atoms with Crippen molar-refractivity contribution in [2.24, 2.45) is 17.6 Å². The van der Waals surface area contributed by atoms with E-state index in [2.05, 4.69) is 37.7 Å². The first kappa shape index (κ1) is 25.8. The highest BCUT2D eigenvalue weighted by atomic mass is 16.1. The van der Waals surface area contributed by atoms with Crippen molar-refractivity contribution >= 4 is 5.91 Å². The molecule has 146 valence electrons. The fourth-order valence-corrected chi connectivity index (χ4v) is 2.23. The molecule has 0 radical (unpaired) electrons. The fraction of sp³-hybridized carbons (Fsp3) is 0.762. The predicted octanol–water partition coefficient (Wildman–Crippen LogP) is 5.48. The van der Waals surface area contributed by atoms with Crippen LogP contribution in [0.1, 0.15) is 91.6 Å².